The summed E-state index contributed by atoms with van der Waals surface area (Å²) in [5.74, 6) is 0.622. The van der Waals surface area contributed by atoms with E-state index in [-0.39, 0.29) is 17.6 Å². The fraction of sp³-hybridized carbons (Fsp3) is 0.250. The number of amides is 1. The normalized spacial score (nSPS) is 15.2. The number of Topliss-reactive ketones (excluding diaryl/α,β-unsaturated/α-hetero) is 1. The molecule has 186 valence electrons. The molecule has 0 aliphatic carbocycles. The molecular weight excluding hydrogens is 476 g/mol. The smallest absolute Gasteiger partial charge is 0.226 e. The first-order valence-electron chi connectivity index (χ1n) is 11.9. The lowest BCUT2D eigenvalue weighted by Crippen LogP contribution is -2.38. The van der Waals surface area contributed by atoms with Crippen molar-refractivity contribution in [3.05, 3.63) is 83.4 Å². The average molecular weight is 505 g/mol. The van der Waals surface area contributed by atoms with Crippen LogP contribution in [-0.4, -0.2) is 24.1 Å². The van der Waals surface area contributed by atoms with Crippen molar-refractivity contribution in [2.75, 3.05) is 21.8 Å². The number of hydrogen-bond donors (Lipinski definition) is 1. The van der Waals surface area contributed by atoms with E-state index in [1.807, 2.05) is 86.3 Å². The van der Waals surface area contributed by atoms with Crippen LogP contribution in [0.25, 0.3) is 0 Å². The summed E-state index contributed by atoms with van der Waals surface area (Å²) >= 11 is 6.14. The number of ketones is 1. The highest BCUT2D eigenvalue weighted by molar-refractivity contribution is 6.44. The molecule has 1 atom stereocenters. The molecule has 36 heavy (non-hydrogen) atoms. The summed E-state index contributed by atoms with van der Waals surface area (Å²) in [6.07, 6.45) is -0.496. The lowest BCUT2D eigenvalue weighted by molar-refractivity contribution is -0.119. The fourth-order valence-corrected chi connectivity index (χ4v) is 4.10. The van der Waals surface area contributed by atoms with Crippen molar-refractivity contribution in [2.24, 2.45) is 11.0 Å². The van der Waals surface area contributed by atoms with E-state index in [4.69, 9.17) is 21.4 Å². The molecule has 1 aliphatic rings. The Kier molecular flexibility index (Phi) is 7.60. The van der Waals surface area contributed by atoms with Crippen LogP contribution in [0.15, 0.2) is 77.9 Å². The highest BCUT2D eigenvalue weighted by atomic mass is 35.5. The van der Waals surface area contributed by atoms with Crippen LogP contribution in [0.3, 0.4) is 0 Å². The number of hydrogen-bond acceptors (Lipinski definition) is 6. The molecule has 8 heteroatoms. The van der Waals surface area contributed by atoms with Crippen molar-refractivity contribution in [1.82, 2.24) is 0 Å². The van der Waals surface area contributed by atoms with Crippen LogP contribution in [0, 0.1) is 5.92 Å². The van der Waals surface area contributed by atoms with Gasteiger partial charge in [0.15, 0.2) is 17.8 Å². The number of nitrogens with zero attached hydrogens (tertiary/aromatic N) is 3. The van der Waals surface area contributed by atoms with Crippen LogP contribution >= 0.6 is 11.6 Å². The second kappa shape index (κ2) is 10.8. The number of halogens is 1. The first kappa shape index (κ1) is 25.3. The van der Waals surface area contributed by atoms with Gasteiger partial charge < -0.3 is 10.1 Å². The highest BCUT2D eigenvalue weighted by Crippen LogP contribution is 2.42. The number of ether oxygens (including phenoxy) is 1. The second-order valence-electron chi connectivity index (χ2n) is 8.71. The minimum atomic E-state index is -0.496. The Hall–Kier alpha value is -3.84. The summed E-state index contributed by atoms with van der Waals surface area (Å²) < 4.78 is 5.96. The van der Waals surface area contributed by atoms with Gasteiger partial charge in [-0.05, 0) is 61.5 Å². The Bertz CT molecular complexity index is 1270. The molecule has 3 aromatic carbocycles. The van der Waals surface area contributed by atoms with Crippen LogP contribution < -0.4 is 20.0 Å². The minimum Gasteiger partial charge on any atom is -0.493 e. The van der Waals surface area contributed by atoms with Gasteiger partial charge in [0.2, 0.25) is 5.91 Å². The van der Waals surface area contributed by atoms with Gasteiger partial charge in [-0.1, -0.05) is 43.6 Å². The molecule has 0 saturated carbocycles. The van der Waals surface area contributed by atoms with Crippen LogP contribution in [0.5, 0.6) is 5.75 Å². The molecule has 1 N–H and O–H groups in total. The van der Waals surface area contributed by atoms with Crippen LogP contribution in [-0.2, 0) is 9.59 Å². The van der Waals surface area contributed by atoms with E-state index in [0.29, 0.717) is 28.9 Å². The molecular formula is C28H29ClN4O3. The van der Waals surface area contributed by atoms with Crippen molar-refractivity contribution in [2.45, 2.75) is 33.9 Å². The summed E-state index contributed by atoms with van der Waals surface area (Å²) in [6, 6.07) is 22.4. The maximum absolute atomic E-state index is 12.8. The fourth-order valence-electron chi connectivity index (χ4n) is 3.97. The Morgan fingerprint density at radius 1 is 1.00 bits per heavy atom. The zero-order chi connectivity index (χ0) is 25.8. The third-order valence-electron chi connectivity index (χ3n) is 5.75. The topological polar surface area (TPSA) is 74.2 Å². The summed E-state index contributed by atoms with van der Waals surface area (Å²) in [7, 11) is 0. The summed E-state index contributed by atoms with van der Waals surface area (Å²) in [5, 5.41) is 10.1. The van der Waals surface area contributed by atoms with E-state index in [1.165, 1.54) is 6.92 Å². The molecule has 7 nitrogen and oxygen atoms in total. The van der Waals surface area contributed by atoms with E-state index >= 15 is 0 Å². The third kappa shape index (κ3) is 5.21. The Morgan fingerprint density at radius 2 is 1.64 bits per heavy atom. The lowest BCUT2D eigenvalue weighted by Gasteiger charge is -2.33. The SMILES string of the molecule is CCOc1ccccc1[C@@H]1N(c2ccc(Cl)cc2)N=C(C(C)=O)N1c1ccc(NC(=O)C(C)C)cc1. The van der Waals surface area contributed by atoms with Crippen LogP contribution in [0.2, 0.25) is 5.02 Å². The van der Waals surface area contributed by atoms with Crippen molar-refractivity contribution in [1.29, 1.82) is 0 Å². The first-order chi connectivity index (χ1) is 17.3. The molecule has 3 aromatic rings. The number of amidine groups is 1. The van der Waals surface area contributed by atoms with E-state index in [9.17, 15) is 9.59 Å². The van der Waals surface area contributed by atoms with E-state index in [0.717, 1.165) is 16.9 Å². The Balaban J connectivity index is 1.83. The number of carbonyl (C=O) groups excluding carboxylic acids is 2. The van der Waals surface area contributed by atoms with Crippen LogP contribution in [0.1, 0.15) is 39.4 Å². The molecule has 0 saturated heterocycles. The molecule has 0 bridgehead atoms. The largest absolute Gasteiger partial charge is 0.493 e. The number of rotatable bonds is 8. The van der Waals surface area contributed by atoms with Gasteiger partial charge in [-0.25, -0.2) is 5.01 Å². The van der Waals surface area contributed by atoms with Gasteiger partial charge in [0.1, 0.15) is 5.75 Å². The average Bonchev–Trinajstić information content (AvgIpc) is 3.26. The van der Waals surface area contributed by atoms with Crippen LogP contribution in [0.4, 0.5) is 17.1 Å². The predicted octanol–water partition coefficient (Wildman–Crippen LogP) is 6.26. The second-order valence-corrected chi connectivity index (χ2v) is 9.14. The zero-order valence-corrected chi connectivity index (χ0v) is 21.5. The predicted molar refractivity (Wildman–Crippen MR) is 145 cm³/mol. The van der Waals surface area contributed by atoms with Gasteiger partial charge in [-0.3, -0.25) is 14.5 Å². The van der Waals surface area contributed by atoms with Gasteiger partial charge in [0, 0.05) is 34.8 Å². The Morgan fingerprint density at radius 3 is 2.25 bits per heavy atom. The lowest BCUT2D eigenvalue weighted by atomic mass is 10.1. The van der Waals surface area contributed by atoms with Gasteiger partial charge in [-0.2, -0.15) is 0 Å². The molecule has 1 amide bonds. The monoisotopic (exact) mass is 504 g/mol. The molecule has 0 aromatic heterocycles. The molecule has 0 unspecified atom stereocenters. The van der Waals surface area contributed by atoms with Crippen molar-refractivity contribution in [3.63, 3.8) is 0 Å². The van der Waals surface area contributed by atoms with E-state index < -0.39 is 6.17 Å². The molecule has 0 fully saturated rings. The number of hydrazone groups is 1. The molecule has 0 radical (unpaired) electrons. The van der Waals surface area contributed by atoms with Crippen molar-refractivity contribution < 1.29 is 14.3 Å². The number of nitrogens with one attached hydrogen (secondary N) is 1. The van der Waals surface area contributed by atoms with Gasteiger partial charge in [0.05, 0.1) is 12.3 Å². The first-order valence-corrected chi connectivity index (χ1v) is 12.2. The van der Waals surface area contributed by atoms with Gasteiger partial charge in [0.25, 0.3) is 0 Å². The number of carbonyl (C=O) groups is 2. The summed E-state index contributed by atoms with van der Waals surface area (Å²) in [4.78, 5) is 26.9. The maximum atomic E-state index is 12.8. The highest BCUT2D eigenvalue weighted by Gasteiger charge is 2.40. The summed E-state index contributed by atoms with van der Waals surface area (Å²) in [5.41, 5.74) is 3.06. The molecule has 1 heterocycles. The standard InChI is InChI=1S/C28H29ClN4O3/c1-5-36-25-9-7-6-8-24(25)28-32(22-16-12-21(13-17-22)30-27(35)18(2)3)26(19(4)34)31-33(28)23-14-10-20(29)11-15-23/h6-18,28H,5H2,1-4H3,(H,30,35)/t28-/m0/s1. The molecule has 4 rings (SSSR count). The quantitative estimate of drug-likeness (QED) is 0.392. The minimum absolute atomic E-state index is 0.0626. The Labute approximate surface area is 216 Å². The van der Waals surface area contributed by atoms with E-state index in [1.54, 1.807) is 17.1 Å². The van der Waals surface area contributed by atoms with Crippen molar-refractivity contribution >= 4 is 46.2 Å². The van der Waals surface area contributed by atoms with Gasteiger partial charge in [-0.15, -0.1) is 5.10 Å². The van der Waals surface area contributed by atoms with Gasteiger partial charge >= 0.3 is 0 Å². The number of anilines is 3. The van der Waals surface area contributed by atoms with E-state index in [2.05, 4.69) is 5.32 Å². The molecule has 0 spiro atoms. The van der Waals surface area contributed by atoms with Crippen molar-refractivity contribution in [3.8, 4) is 5.75 Å². The number of benzene rings is 3. The molecule has 1 aliphatic heterocycles. The maximum Gasteiger partial charge on any atom is 0.226 e. The summed E-state index contributed by atoms with van der Waals surface area (Å²) in [6.45, 7) is 7.61. The number of para-hydroxylation sites is 1. The zero-order valence-electron chi connectivity index (χ0n) is 20.7. The third-order valence-corrected chi connectivity index (χ3v) is 6.00.